The Morgan fingerprint density at radius 1 is 0.957 bits per heavy atom. The molecular weight excluding hydrogens is 310 g/mol. The van der Waals surface area contributed by atoms with Gasteiger partial charge in [-0.05, 0) is 48.7 Å². The summed E-state index contributed by atoms with van der Waals surface area (Å²) in [4.78, 5) is 27.7. The van der Waals surface area contributed by atoms with Gasteiger partial charge >= 0.3 is 0 Å². The number of H-pyrrole nitrogens is 1. The minimum absolute atomic E-state index is 0.139. The Kier molecular flexibility index (Phi) is 4.25. The molecule has 2 amide bonds. The Morgan fingerprint density at radius 3 is 2.13 bits per heavy atom. The standard InChI is InChI=1S/C17H15N3O2S/c1-11-14(8-9-18-11)16(21)19-12-4-6-13(7-5-12)20-17(22)15-3-2-10-23-15/h2-10,18H,1H3,(H,19,21)(H,20,22). The fourth-order valence-corrected chi connectivity index (χ4v) is 2.75. The molecule has 0 saturated heterocycles. The third kappa shape index (κ3) is 3.49. The first-order valence-electron chi connectivity index (χ1n) is 7.04. The van der Waals surface area contributed by atoms with Crippen LogP contribution in [0.1, 0.15) is 25.7 Å². The Balaban J connectivity index is 1.64. The van der Waals surface area contributed by atoms with Crippen molar-refractivity contribution in [1.29, 1.82) is 0 Å². The smallest absolute Gasteiger partial charge is 0.265 e. The number of hydrogen-bond acceptors (Lipinski definition) is 3. The van der Waals surface area contributed by atoms with Crippen molar-refractivity contribution in [2.45, 2.75) is 6.92 Å². The number of benzene rings is 1. The molecule has 0 atom stereocenters. The molecule has 0 radical (unpaired) electrons. The van der Waals surface area contributed by atoms with Gasteiger partial charge in [0.25, 0.3) is 11.8 Å². The molecule has 0 aliphatic heterocycles. The topological polar surface area (TPSA) is 74.0 Å². The molecule has 3 rings (SSSR count). The molecule has 1 aromatic carbocycles. The number of amides is 2. The van der Waals surface area contributed by atoms with Crippen LogP contribution in [0.3, 0.4) is 0 Å². The lowest BCUT2D eigenvalue weighted by atomic mass is 10.2. The van der Waals surface area contributed by atoms with Gasteiger partial charge in [0.2, 0.25) is 0 Å². The van der Waals surface area contributed by atoms with Crippen molar-refractivity contribution in [3.63, 3.8) is 0 Å². The molecule has 3 N–H and O–H groups in total. The molecule has 2 heterocycles. The van der Waals surface area contributed by atoms with Gasteiger partial charge in [-0.3, -0.25) is 9.59 Å². The molecule has 2 aromatic heterocycles. The number of carbonyl (C=O) groups excluding carboxylic acids is 2. The highest BCUT2D eigenvalue weighted by molar-refractivity contribution is 7.12. The molecule has 0 fully saturated rings. The number of rotatable bonds is 4. The normalized spacial score (nSPS) is 10.3. The number of anilines is 2. The maximum Gasteiger partial charge on any atom is 0.265 e. The molecule has 0 aliphatic carbocycles. The van der Waals surface area contributed by atoms with Crippen molar-refractivity contribution in [2.24, 2.45) is 0 Å². The molecule has 116 valence electrons. The lowest BCUT2D eigenvalue weighted by molar-refractivity contribution is 0.101. The minimum Gasteiger partial charge on any atom is -0.365 e. The lowest BCUT2D eigenvalue weighted by Crippen LogP contribution is -2.13. The second kappa shape index (κ2) is 6.50. The highest BCUT2D eigenvalue weighted by atomic mass is 32.1. The number of aromatic amines is 1. The third-order valence-corrected chi connectivity index (χ3v) is 4.21. The van der Waals surface area contributed by atoms with Crippen molar-refractivity contribution in [2.75, 3.05) is 10.6 Å². The maximum absolute atomic E-state index is 12.1. The van der Waals surface area contributed by atoms with Crippen LogP contribution in [0.4, 0.5) is 11.4 Å². The van der Waals surface area contributed by atoms with Crippen molar-refractivity contribution in [3.05, 3.63) is 70.2 Å². The molecule has 0 spiro atoms. The van der Waals surface area contributed by atoms with Gasteiger partial charge in [0.15, 0.2) is 0 Å². The summed E-state index contributed by atoms with van der Waals surface area (Å²) < 4.78 is 0. The molecule has 0 saturated carbocycles. The summed E-state index contributed by atoms with van der Waals surface area (Å²) >= 11 is 1.39. The van der Waals surface area contributed by atoms with Crippen molar-refractivity contribution in [3.8, 4) is 0 Å². The zero-order valence-corrected chi connectivity index (χ0v) is 13.2. The zero-order chi connectivity index (χ0) is 16.2. The van der Waals surface area contributed by atoms with Gasteiger partial charge in [0.05, 0.1) is 10.4 Å². The van der Waals surface area contributed by atoms with Crippen molar-refractivity contribution >= 4 is 34.5 Å². The first kappa shape index (κ1) is 15.1. The van der Waals surface area contributed by atoms with E-state index in [0.29, 0.717) is 21.8 Å². The molecule has 3 aromatic rings. The maximum atomic E-state index is 12.1. The van der Waals surface area contributed by atoms with E-state index in [9.17, 15) is 9.59 Å². The van der Waals surface area contributed by atoms with Crippen LogP contribution in [0.25, 0.3) is 0 Å². The summed E-state index contributed by atoms with van der Waals surface area (Å²) in [6, 6.07) is 12.4. The van der Waals surface area contributed by atoms with Crippen molar-refractivity contribution < 1.29 is 9.59 Å². The van der Waals surface area contributed by atoms with Gasteiger partial charge in [0.1, 0.15) is 0 Å². The number of aryl methyl sites for hydroxylation is 1. The highest BCUT2D eigenvalue weighted by Crippen LogP contribution is 2.17. The van der Waals surface area contributed by atoms with E-state index in [4.69, 9.17) is 0 Å². The van der Waals surface area contributed by atoms with E-state index in [2.05, 4.69) is 15.6 Å². The SMILES string of the molecule is Cc1[nH]ccc1C(=O)Nc1ccc(NC(=O)c2cccs2)cc1. The predicted molar refractivity (Wildman–Crippen MR) is 92.2 cm³/mol. The third-order valence-electron chi connectivity index (χ3n) is 3.34. The number of hydrogen-bond donors (Lipinski definition) is 3. The summed E-state index contributed by atoms with van der Waals surface area (Å²) in [5.74, 6) is -0.307. The number of nitrogens with one attached hydrogen (secondary N) is 3. The largest absolute Gasteiger partial charge is 0.365 e. The molecule has 0 bridgehead atoms. The van der Waals surface area contributed by atoms with E-state index < -0.39 is 0 Å². The van der Waals surface area contributed by atoms with Gasteiger partial charge in [-0.2, -0.15) is 0 Å². The summed E-state index contributed by atoms with van der Waals surface area (Å²) in [5, 5.41) is 7.50. The van der Waals surface area contributed by atoms with Gasteiger partial charge in [0, 0.05) is 23.3 Å². The summed E-state index contributed by atoms with van der Waals surface area (Å²) in [6.07, 6.45) is 1.73. The fourth-order valence-electron chi connectivity index (χ4n) is 2.13. The predicted octanol–water partition coefficient (Wildman–Crippen LogP) is 3.89. The first-order valence-corrected chi connectivity index (χ1v) is 7.92. The molecule has 0 aliphatic rings. The zero-order valence-electron chi connectivity index (χ0n) is 12.4. The second-order valence-electron chi connectivity index (χ2n) is 4.98. The quantitative estimate of drug-likeness (QED) is 0.681. The van der Waals surface area contributed by atoms with Gasteiger partial charge in [-0.15, -0.1) is 11.3 Å². The van der Waals surface area contributed by atoms with Crippen LogP contribution >= 0.6 is 11.3 Å². The fraction of sp³-hybridized carbons (Fsp3) is 0.0588. The lowest BCUT2D eigenvalue weighted by Gasteiger charge is -2.07. The average Bonchev–Trinajstić information content (AvgIpc) is 3.20. The Hall–Kier alpha value is -2.86. The molecule has 23 heavy (non-hydrogen) atoms. The van der Waals surface area contributed by atoms with E-state index in [1.807, 2.05) is 18.4 Å². The summed E-state index contributed by atoms with van der Waals surface area (Å²) in [5.41, 5.74) is 2.78. The molecule has 0 unspecified atom stereocenters. The first-order chi connectivity index (χ1) is 11.1. The van der Waals surface area contributed by atoms with Crippen LogP contribution in [0, 0.1) is 6.92 Å². The van der Waals surface area contributed by atoms with E-state index in [1.165, 1.54) is 11.3 Å². The van der Waals surface area contributed by atoms with Crippen LogP contribution in [-0.4, -0.2) is 16.8 Å². The molecule has 5 nitrogen and oxygen atoms in total. The Labute approximate surface area is 137 Å². The van der Waals surface area contributed by atoms with E-state index in [0.717, 1.165) is 5.69 Å². The van der Waals surface area contributed by atoms with E-state index >= 15 is 0 Å². The minimum atomic E-state index is -0.167. The van der Waals surface area contributed by atoms with Crippen LogP contribution < -0.4 is 10.6 Å². The van der Waals surface area contributed by atoms with Crippen LogP contribution in [0.5, 0.6) is 0 Å². The van der Waals surface area contributed by atoms with E-state index in [1.54, 1.807) is 42.6 Å². The number of thiophene rings is 1. The van der Waals surface area contributed by atoms with Gasteiger partial charge in [-0.1, -0.05) is 6.07 Å². The number of carbonyl (C=O) groups is 2. The monoisotopic (exact) mass is 325 g/mol. The van der Waals surface area contributed by atoms with Crippen LogP contribution in [0.15, 0.2) is 54.0 Å². The van der Waals surface area contributed by atoms with Crippen molar-refractivity contribution in [1.82, 2.24) is 4.98 Å². The van der Waals surface area contributed by atoms with Crippen LogP contribution in [0.2, 0.25) is 0 Å². The van der Waals surface area contributed by atoms with E-state index in [-0.39, 0.29) is 11.8 Å². The summed E-state index contributed by atoms with van der Waals surface area (Å²) in [6.45, 7) is 1.85. The van der Waals surface area contributed by atoms with Crippen LogP contribution in [-0.2, 0) is 0 Å². The average molecular weight is 325 g/mol. The van der Waals surface area contributed by atoms with Gasteiger partial charge < -0.3 is 15.6 Å². The van der Waals surface area contributed by atoms with Gasteiger partial charge in [-0.25, -0.2) is 0 Å². The Bertz CT molecular complexity index is 820. The number of aromatic nitrogens is 1. The second-order valence-corrected chi connectivity index (χ2v) is 5.93. The summed E-state index contributed by atoms with van der Waals surface area (Å²) in [7, 11) is 0. The highest BCUT2D eigenvalue weighted by Gasteiger charge is 2.10. The molecule has 6 heteroatoms. The Morgan fingerprint density at radius 2 is 1.61 bits per heavy atom. The molecular formula is C17H15N3O2S.